The van der Waals surface area contributed by atoms with Gasteiger partial charge in [0, 0.05) is 38.8 Å². The van der Waals surface area contributed by atoms with E-state index in [4.69, 9.17) is 9.73 Å². The SMILES string of the molecule is CCNC(=NCC(C)(C)N1CCCCC1)NCCN(C)CCOC. The maximum atomic E-state index is 5.11. The summed E-state index contributed by atoms with van der Waals surface area (Å²) < 4.78 is 5.11. The number of aliphatic imine (C=N–C) groups is 1. The Morgan fingerprint density at radius 1 is 1.17 bits per heavy atom. The molecule has 6 heteroatoms. The first-order valence-electron chi connectivity index (χ1n) is 9.44. The average Bonchev–Trinajstić information content (AvgIpc) is 2.58. The molecule has 1 heterocycles. The highest BCUT2D eigenvalue weighted by molar-refractivity contribution is 5.79. The lowest BCUT2D eigenvalue weighted by Crippen LogP contribution is -2.50. The summed E-state index contributed by atoms with van der Waals surface area (Å²) in [6.07, 6.45) is 4.01. The number of likely N-dealkylation sites (N-methyl/N-ethyl adjacent to an activating group) is 1. The van der Waals surface area contributed by atoms with E-state index in [1.807, 2.05) is 0 Å². The van der Waals surface area contributed by atoms with Crippen LogP contribution in [0.5, 0.6) is 0 Å². The summed E-state index contributed by atoms with van der Waals surface area (Å²) in [6.45, 7) is 14.4. The number of nitrogens with zero attached hydrogens (tertiary/aromatic N) is 3. The van der Waals surface area contributed by atoms with Crippen molar-refractivity contribution in [2.45, 2.75) is 45.6 Å². The second-order valence-electron chi connectivity index (χ2n) is 7.28. The lowest BCUT2D eigenvalue weighted by Gasteiger charge is -2.40. The molecule has 2 N–H and O–H groups in total. The average molecular weight is 342 g/mol. The Labute approximate surface area is 149 Å². The highest BCUT2D eigenvalue weighted by atomic mass is 16.5. The minimum absolute atomic E-state index is 0.123. The third-order valence-corrected chi connectivity index (χ3v) is 4.64. The third-order valence-electron chi connectivity index (χ3n) is 4.64. The molecule has 0 unspecified atom stereocenters. The summed E-state index contributed by atoms with van der Waals surface area (Å²) in [5.74, 6) is 0.919. The van der Waals surface area contributed by atoms with E-state index in [0.717, 1.165) is 45.3 Å². The van der Waals surface area contributed by atoms with Gasteiger partial charge in [0.15, 0.2) is 5.96 Å². The van der Waals surface area contributed by atoms with E-state index in [2.05, 4.69) is 48.3 Å². The third kappa shape index (κ3) is 8.31. The maximum absolute atomic E-state index is 5.11. The number of piperidine rings is 1. The highest BCUT2D eigenvalue weighted by Crippen LogP contribution is 2.20. The standard InChI is InChI=1S/C18H39N5O/c1-6-19-17(20-10-13-22(4)14-15-24-5)21-16-18(2,3)23-11-8-7-9-12-23/h6-16H2,1-5H3,(H2,19,20,21). The maximum Gasteiger partial charge on any atom is 0.191 e. The van der Waals surface area contributed by atoms with Gasteiger partial charge in [-0.15, -0.1) is 0 Å². The van der Waals surface area contributed by atoms with Crippen LogP contribution in [0.4, 0.5) is 0 Å². The van der Waals surface area contributed by atoms with Gasteiger partial charge in [0.05, 0.1) is 13.2 Å². The Hall–Kier alpha value is -0.850. The van der Waals surface area contributed by atoms with Crippen molar-refractivity contribution in [2.24, 2.45) is 4.99 Å². The van der Waals surface area contributed by atoms with E-state index in [1.54, 1.807) is 7.11 Å². The van der Waals surface area contributed by atoms with Crippen molar-refractivity contribution in [3.05, 3.63) is 0 Å². The molecule has 6 nitrogen and oxygen atoms in total. The summed E-state index contributed by atoms with van der Waals surface area (Å²) in [5.41, 5.74) is 0.123. The Bertz CT molecular complexity index is 353. The molecule has 1 aliphatic heterocycles. The molecule has 0 aromatic heterocycles. The fourth-order valence-corrected chi connectivity index (χ4v) is 2.94. The van der Waals surface area contributed by atoms with Crippen LogP contribution >= 0.6 is 0 Å². The Morgan fingerprint density at radius 3 is 2.50 bits per heavy atom. The Kier molecular flexibility index (Phi) is 10.3. The summed E-state index contributed by atoms with van der Waals surface area (Å²) >= 11 is 0. The van der Waals surface area contributed by atoms with Crippen LogP contribution in [0.15, 0.2) is 4.99 Å². The van der Waals surface area contributed by atoms with E-state index in [1.165, 1.54) is 32.4 Å². The molecule has 0 radical (unpaired) electrons. The van der Waals surface area contributed by atoms with Crippen LogP contribution in [0.1, 0.15) is 40.0 Å². The van der Waals surface area contributed by atoms with Gasteiger partial charge in [0.2, 0.25) is 0 Å². The smallest absolute Gasteiger partial charge is 0.191 e. The molecule has 142 valence electrons. The fraction of sp³-hybridized carbons (Fsp3) is 0.944. The molecular formula is C18H39N5O. The van der Waals surface area contributed by atoms with Gasteiger partial charge < -0.3 is 20.3 Å². The molecule has 1 rings (SSSR count). The van der Waals surface area contributed by atoms with Crippen molar-refractivity contribution < 1.29 is 4.74 Å². The number of nitrogens with one attached hydrogen (secondary N) is 2. The predicted molar refractivity (Wildman–Crippen MR) is 103 cm³/mol. The van der Waals surface area contributed by atoms with Crippen molar-refractivity contribution in [3.63, 3.8) is 0 Å². The van der Waals surface area contributed by atoms with Gasteiger partial charge >= 0.3 is 0 Å². The molecule has 0 aromatic rings. The molecule has 0 bridgehead atoms. The number of rotatable bonds is 10. The zero-order valence-electron chi connectivity index (χ0n) is 16.5. The number of hydrogen-bond donors (Lipinski definition) is 2. The highest BCUT2D eigenvalue weighted by Gasteiger charge is 2.27. The van der Waals surface area contributed by atoms with Gasteiger partial charge in [-0.1, -0.05) is 6.42 Å². The number of likely N-dealkylation sites (tertiary alicyclic amines) is 1. The zero-order valence-corrected chi connectivity index (χ0v) is 16.5. The second-order valence-corrected chi connectivity index (χ2v) is 7.28. The number of guanidine groups is 1. The second kappa shape index (κ2) is 11.7. The van der Waals surface area contributed by atoms with Crippen LogP contribution in [-0.2, 0) is 4.74 Å². The van der Waals surface area contributed by atoms with Crippen LogP contribution in [0.2, 0.25) is 0 Å². The summed E-state index contributed by atoms with van der Waals surface area (Å²) in [7, 11) is 3.86. The van der Waals surface area contributed by atoms with E-state index in [9.17, 15) is 0 Å². The molecule has 0 atom stereocenters. The molecule has 1 fully saturated rings. The van der Waals surface area contributed by atoms with Crippen LogP contribution in [0, 0.1) is 0 Å². The van der Waals surface area contributed by atoms with E-state index in [-0.39, 0.29) is 5.54 Å². The summed E-state index contributed by atoms with van der Waals surface area (Å²) in [4.78, 5) is 9.68. The summed E-state index contributed by atoms with van der Waals surface area (Å²) in [5, 5.41) is 6.79. The topological polar surface area (TPSA) is 52.1 Å². The van der Waals surface area contributed by atoms with Crippen LogP contribution in [0.25, 0.3) is 0 Å². The lowest BCUT2D eigenvalue weighted by atomic mass is 9.99. The first-order chi connectivity index (χ1) is 11.5. The Morgan fingerprint density at radius 2 is 1.88 bits per heavy atom. The van der Waals surface area contributed by atoms with Gasteiger partial charge in [-0.05, 0) is 53.8 Å². The van der Waals surface area contributed by atoms with Gasteiger partial charge in [-0.25, -0.2) is 0 Å². The van der Waals surface area contributed by atoms with Crippen molar-refractivity contribution in [1.29, 1.82) is 0 Å². The molecular weight excluding hydrogens is 302 g/mol. The first kappa shape index (κ1) is 21.2. The van der Waals surface area contributed by atoms with Crippen LogP contribution in [0.3, 0.4) is 0 Å². The lowest BCUT2D eigenvalue weighted by molar-refractivity contribution is 0.102. The minimum Gasteiger partial charge on any atom is -0.383 e. The Balaban J connectivity index is 2.43. The van der Waals surface area contributed by atoms with Crippen molar-refractivity contribution in [3.8, 4) is 0 Å². The van der Waals surface area contributed by atoms with Gasteiger partial charge in [0.25, 0.3) is 0 Å². The van der Waals surface area contributed by atoms with Gasteiger partial charge in [-0.2, -0.15) is 0 Å². The van der Waals surface area contributed by atoms with Crippen molar-refractivity contribution >= 4 is 5.96 Å². The monoisotopic (exact) mass is 341 g/mol. The fourth-order valence-electron chi connectivity index (χ4n) is 2.94. The molecule has 0 amide bonds. The molecule has 0 aliphatic carbocycles. The first-order valence-corrected chi connectivity index (χ1v) is 9.44. The quantitative estimate of drug-likeness (QED) is 0.464. The number of hydrogen-bond acceptors (Lipinski definition) is 4. The zero-order chi connectivity index (χ0) is 17.8. The number of ether oxygens (including phenoxy) is 1. The molecule has 1 saturated heterocycles. The predicted octanol–water partition coefficient (Wildman–Crippen LogP) is 1.38. The molecule has 0 spiro atoms. The normalized spacial score (nSPS) is 17.3. The van der Waals surface area contributed by atoms with Gasteiger partial charge in [0.1, 0.15) is 0 Å². The molecule has 0 saturated carbocycles. The van der Waals surface area contributed by atoms with Crippen molar-refractivity contribution in [1.82, 2.24) is 20.4 Å². The van der Waals surface area contributed by atoms with Crippen molar-refractivity contribution in [2.75, 3.05) is 66.6 Å². The summed E-state index contributed by atoms with van der Waals surface area (Å²) in [6, 6.07) is 0. The molecule has 24 heavy (non-hydrogen) atoms. The van der Waals surface area contributed by atoms with Crippen LogP contribution in [-0.4, -0.2) is 87.9 Å². The molecule has 1 aliphatic rings. The number of methoxy groups -OCH3 is 1. The van der Waals surface area contributed by atoms with E-state index in [0.29, 0.717) is 0 Å². The molecule has 0 aromatic carbocycles. The minimum atomic E-state index is 0.123. The largest absolute Gasteiger partial charge is 0.383 e. The van der Waals surface area contributed by atoms with Gasteiger partial charge in [-0.3, -0.25) is 9.89 Å². The van der Waals surface area contributed by atoms with Crippen LogP contribution < -0.4 is 10.6 Å². The van der Waals surface area contributed by atoms with E-state index >= 15 is 0 Å². The van der Waals surface area contributed by atoms with E-state index < -0.39 is 0 Å².